The van der Waals surface area contributed by atoms with Crippen LogP contribution < -0.4 is 5.56 Å². The number of nitrogens with one attached hydrogen (secondary N) is 1. The predicted molar refractivity (Wildman–Crippen MR) is 88.2 cm³/mol. The third-order valence-corrected chi connectivity index (χ3v) is 4.44. The molecule has 2 aromatic rings. The highest BCUT2D eigenvalue weighted by atomic mass is 19.4. The van der Waals surface area contributed by atoms with Crippen LogP contribution in [0.5, 0.6) is 0 Å². The first-order valence-corrected chi connectivity index (χ1v) is 8.02. The number of benzene rings is 1. The Bertz CT molecular complexity index is 784. The Labute approximate surface area is 143 Å². The number of aromatic amines is 1. The highest BCUT2D eigenvalue weighted by molar-refractivity contribution is 5.66. The molecule has 1 saturated heterocycles. The van der Waals surface area contributed by atoms with E-state index < -0.39 is 17.4 Å². The molecule has 0 amide bonds. The van der Waals surface area contributed by atoms with Crippen LogP contribution in [0, 0.1) is 0 Å². The van der Waals surface area contributed by atoms with E-state index in [0.29, 0.717) is 5.56 Å². The zero-order chi connectivity index (χ0) is 18.0. The lowest BCUT2D eigenvalue weighted by Gasteiger charge is -2.16. The normalized spacial score (nSPS) is 18.6. The second-order valence-corrected chi connectivity index (χ2v) is 6.19. The van der Waals surface area contributed by atoms with Gasteiger partial charge in [-0.2, -0.15) is 13.2 Å². The van der Waals surface area contributed by atoms with Crippen molar-refractivity contribution in [2.24, 2.45) is 0 Å². The molecule has 3 rings (SSSR count). The molecule has 2 heterocycles. The Balaban J connectivity index is 1.80. The minimum atomic E-state index is -4.61. The molecule has 1 unspecified atom stereocenters. The van der Waals surface area contributed by atoms with Gasteiger partial charge in [0.05, 0.1) is 6.10 Å². The van der Waals surface area contributed by atoms with Crippen LogP contribution in [0.15, 0.2) is 41.2 Å². The molecule has 134 valence electrons. The molecule has 1 aromatic carbocycles. The van der Waals surface area contributed by atoms with Gasteiger partial charge >= 0.3 is 6.18 Å². The Hall–Kier alpha value is -2.12. The highest BCUT2D eigenvalue weighted by Gasteiger charge is 2.35. The van der Waals surface area contributed by atoms with E-state index in [2.05, 4.69) is 4.90 Å². The number of alkyl halides is 3. The number of halogens is 3. The van der Waals surface area contributed by atoms with Crippen LogP contribution in [0.25, 0.3) is 11.1 Å². The SMILES string of the molecule is COC1CCN(Cc2ccc(-c3ccc(=O)[nH]c3C(F)(F)F)cc2)C1. The third kappa shape index (κ3) is 4.11. The van der Waals surface area contributed by atoms with E-state index in [1.54, 1.807) is 19.2 Å². The Kier molecular flexibility index (Phi) is 4.96. The first-order valence-electron chi connectivity index (χ1n) is 8.02. The number of hydrogen-bond donors (Lipinski definition) is 1. The quantitative estimate of drug-likeness (QED) is 0.919. The summed E-state index contributed by atoms with van der Waals surface area (Å²) in [7, 11) is 1.70. The molecule has 1 fully saturated rings. The number of methoxy groups -OCH3 is 1. The predicted octanol–water partition coefficient (Wildman–Crippen LogP) is 3.28. The fraction of sp³-hybridized carbons (Fsp3) is 0.389. The van der Waals surface area contributed by atoms with Gasteiger partial charge in [0.15, 0.2) is 0 Å². The number of nitrogens with zero attached hydrogens (tertiary/aromatic N) is 1. The van der Waals surface area contributed by atoms with Gasteiger partial charge in [0.2, 0.25) is 5.56 Å². The zero-order valence-corrected chi connectivity index (χ0v) is 13.8. The third-order valence-electron chi connectivity index (χ3n) is 4.44. The van der Waals surface area contributed by atoms with E-state index in [0.717, 1.165) is 37.7 Å². The van der Waals surface area contributed by atoms with Gasteiger partial charge in [-0.05, 0) is 23.6 Å². The summed E-state index contributed by atoms with van der Waals surface area (Å²) < 4.78 is 44.8. The number of H-pyrrole nitrogens is 1. The summed E-state index contributed by atoms with van der Waals surface area (Å²) in [5.41, 5.74) is -0.370. The number of ether oxygens (including phenoxy) is 1. The molecule has 25 heavy (non-hydrogen) atoms. The summed E-state index contributed by atoms with van der Waals surface area (Å²) >= 11 is 0. The number of aromatic nitrogens is 1. The van der Waals surface area contributed by atoms with Gasteiger partial charge in [-0.25, -0.2) is 0 Å². The molecule has 1 aliphatic heterocycles. The maximum absolute atomic E-state index is 13.1. The molecule has 1 aliphatic rings. The summed E-state index contributed by atoms with van der Waals surface area (Å²) in [6, 6.07) is 9.26. The summed E-state index contributed by atoms with van der Waals surface area (Å²) in [5.74, 6) is 0. The lowest BCUT2D eigenvalue weighted by atomic mass is 10.0. The van der Waals surface area contributed by atoms with Crippen molar-refractivity contribution >= 4 is 0 Å². The number of likely N-dealkylation sites (tertiary alicyclic amines) is 1. The van der Waals surface area contributed by atoms with Gasteiger partial charge in [0.25, 0.3) is 0 Å². The molecule has 0 bridgehead atoms. The molecular formula is C18H19F3N2O2. The molecule has 1 atom stereocenters. The van der Waals surface area contributed by atoms with Crippen molar-refractivity contribution in [3.63, 3.8) is 0 Å². The Morgan fingerprint density at radius 3 is 2.52 bits per heavy atom. The average Bonchev–Trinajstić information content (AvgIpc) is 3.02. The van der Waals surface area contributed by atoms with Crippen molar-refractivity contribution in [3.05, 3.63) is 58.0 Å². The van der Waals surface area contributed by atoms with Crippen LogP contribution in [0.1, 0.15) is 17.7 Å². The smallest absolute Gasteiger partial charge is 0.380 e. The van der Waals surface area contributed by atoms with E-state index in [9.17, 15) is 18.0 Å². The van der Waals surface area contributed by atoms with E-state index in [-0.39, 0.29) is 11.7 Å². The Morgan fingerprint density at radius 1 is 1.20 bits per heavy atom. The van der Waals surface area contributed by atoms with Crippen molar-refractivity contribution in [1.82, 2.24) is 9.88 Å². The largest absolute Gasteiger partial charge is 0.431 e. The molecule has 0 radical (unpaired) electrons. The van der Waals surface area contributed by atoms with Crippen molar-refractivity contribution in [1.29, 1.82) is 0 Å². The molecule has 0 spiro atoms. The van der Waals surface area contributed by atoms with Crippen molar-refractivity contribution in [2.45, 2.75) is 25.2 Å². The molecular weight excluding hydrogens is 333 g/mol. The van der Waals surface area contributed by atoms with Crippen LogP contribution in [-0.2, 0) is 17.5 Å². The van der Waals surface area contributed by atoms with Crippen LogP contribution in [-0.4, -0.2) is 36.2 Å². The number of hydrogen-bond acceptors (Lipinski definition) is 3. The summed E-state index contributed by atoms with van der Waals surface area (Å²) in [5, 5.41) is 0. The van der Waals surface area contributed by atoms with E-state index in [1.165, 1.54) is 6.07 Å². The topological polar surface area (TPSA) is 45.3 Å². The van der Waals surface area contributed by atoms with Crippen LogP contribution in [0.3, 0.4) is 0 Å². The number of rotatable bonds is 4. The number of pyridine rings is 1. The molecule has 1 N–H and O–H groups in total. The molecule has 1 aromatic heterocycles. The van der Waals surface area contributed by atoms with Gasteiger partial charge < -0.3 is 9.72 Å². The first-order chi connectivity index (χ1) is 11.9. The van der Waals surface area contributed by atoms with E-state index in [4.69, 9.17) is 4.74 Å². The molecule has 7 heteroatoms. The standard InChI is InChI=1S/C18H19F3N2O2/c1-25-14-8-9-23(11-14)10-12-2-4-13(5-3-12)15-6-7-16(24)22-17(15)18(19,20)21/h2-7,14H,8-11H2,1H3,(H,22,24). The second kappa shape index (κ2) is 7.01. The maximum atomic E-state index is 13.1. The lowest BCUT2D eigenvalue weighted by molar-refractivity contribution is -0.140. The van der Waals surface area contributed by atoms with Gasteiger partial charge in [-0.15, -0.1) is 0 Å². The van der Waals surface area contributed by atoms with Crippen LogP contribution in [0.2, 0.25) is 0 Å². The highest BCUT2D eigenvalue weighted by Crippen LogP contribution is 2.34. The van der Waals surface area contributed by atoms with Crippen LogP contribution in [0.4, 0.5) is 13.2 Å². The fourth-order valence-electron chi connectivity index (χ4n) is 3.12. The molecule has 0 saturated carbocycles. The summed E-state index contributed by atoms with van der Waals surface area (Å²) in [4.78, 5) is 15.4. The zero-order valence-electron chi connectivity index (χ0n) is 13.8. The molecule has 0 aliphatic carbocycles. The fourth-order valence-corrected chi connectivity index (χ4v) is 3.12. The van der Waals surface area contributed by atoms with Gasteiger partial charge in [0.1, 0.15) is 5.69 Å². The van der Waals surface area contributed by atoms with Gasteiger partial charge in [-0.3, -0.25) is 9.69 Å². The second-order valence-electron chi connectivity index (χ2n) is 6.19. The van der Waals surface area contributed by atoms with E-state index >= 15 is 0 Å². The molecule has 4 nitrogen and oxygen atoms in total. The van der Waals surface area contributed by atoms with Crippen LogP contribution >= 0.6 is 0 Å². The summed E-state index contributed by atoms with van der Waals surface area (Å²) in [6.45, 7) is 2.53. The minimum Gasteiger partial charge on any atom is -0.380 e. The van der Waals surface area contributed by atoms with E-state index in [1.807, 2.05) is 17.1 Å². The van der Waals surface area contributed by atoms with Crippen molar-refractivity contribution < 1.29 is 17.9 Å². The summed E-state index contributed by atoms with van der Waals surface area (Å²) in [6.07, 6.45) is -3.38. The first kappa shape index (κ1) is 17.7. The monoisotopic (exact) mass is 352 g/mol. The van der Waals surface area contributed by atoms with Crippen molar-refractivity contribution in [2.75, 3.05) is 20.2 Å². The lowest BCUT2D eigenvalue weighted by Crippen LogP contribution is -2.22. The maximum Gasteiger partial charge on any atom is 0.431 e. The average molecular weight is 352 g/mol. The van der Waals surface area contributed by atoms with Gasteiger partial charge in [0, 0.05) is 38.4 Å². The van der Waals surface area contributed by atoms with Gasteiger partial charge in [-0.1, -0.05) is 24.3 Å². The minimum absolute atomic E-state index is 0.0285. The Morgan fingerprint density at radius 2 is 1.92 bits per heavy atom. The van der Waals surface area contributed by atoms with Crippen molar-refractivity contribution in [3.8, 4) is 11.1 Å².